The molecule has 9 heteroatoms. The van der Waals surface area contributed by atoms with E-state index in [4.69, 9.17) is 38.5 Å². The lowest BCUT2D eigenvalue weighted by molar-refractivity contribution is 0.0515. The maximum Gasteiger partial charge on any atom is 0.232 e. The number of nitrogens with one attached hydrogen (secondary N) is 2. The summed E-state index contributed by atoms with van der Waals surface area (Å²) in [5, 5.41) is 8.12. The summed E-state index contributed by atoms with van der Waals surface area (Å²) in [4.78, 5) is 14.7. The molecule has 2 aromatic rings. The topological polar surface area (TPSA) is 65.5 Å². The van der Waals surface area contributed by atoms with Gasteiger partial charge in [-0.25, -0.2) is 0 Å². The van der Waals surface area contributed by atoms with Crippen LogP contribution in [-0.4, -0.2) is 61.0 Å². The molecule has 3 saturated heterocycles. The number of halogens is 1. The Labute approximate surface area is 237 Å². The molecular formula is C29H41ClN6OS. The number of ether oxygens (including phenoxy) is 1. The molecule has 0 amide bonds. The molecule has 0 aliphatic carbocycles. The molecule has 3 aliphatic rings. The van der Waals surface area contributed by atoms with E-state index < -0.39 is 0 Å². The molecule has 38 heavy (non-hydrogen) atoms. The van der Waals surface area contributed by atoms with Crippen molar-refractivity contribution >= 4 is 46.5 Å². The fourth-order valence-electron chi connectivity index (χ4n) is 5.81. The first-order valence-corrected chi connectivity index (χ1v) is 15.0. The first kappa shape index (κ1) is 27.4. The van der Waals surface area contributed by atoms with E-state index in [9.17, 15) is 0 Å². The molecule has 3 fully saturated rings. The maximum absolute atomic E-state index is 6.17. The summed E-state index contributed by atoms with van der Waals surface area (Å²) in [6.07, 6.45) is 6.64. The summed E-state index contributed by atoms with van der Waals surface area (Å²) in [5.41, 5.74) is 1.21. The molecule has 3 aliphatic heterocycles. The molecule has 1 aromatic heterocycles. The minimum Gasteiger partial charge on any atom is -0.381 e. The van der Waals surface area contributed by atoms with Crippen LogP contribution in [-0.2, 0) is 10.2 Å². The van der Waals surface area contributed by atoms with Gasteiger partial charge in [0, 0.05) is 62.4 Å². The average Bonchev–Trinajstić information content (AvgIpc) is 2.93. The van der Waals surface area contributed by atoms with Crippen LogP contribution in [0.15, 0.2) is 30.3 Å². The molecule has 0 radical (unpaired) electrons. The van der Waals surface area contributed by atoms with Crippen molar-refractivity contribution in [2.24, 2.45) is 11.8 Å². The van der Waals surface area contributed by atoms with Crippen LogP contribution >= 0.6 is 23.8 Å². The lowest BCUT2D eigenvalue weighted by Crippen LogP contribution is -2.45. The van der Waals surface area contributed by atoms with Gasteiger partial charge >= 0.3 is 0 Å². The monoisotopic (exact) mass is 556 g/mol. The SMILES string of the molecule is CC1CCN(c2cc(N3CCC(C)CC3)nc(NC(=S)NCC3(c4ccc(Cl)cc4)CCOCC3)n2)CC1. The minimum absolute atomic E-state index is 0.0581. The van der Waals surface area contributed by atoms with Crippen molar-refractivity contribution in [1.29, 1.82) is 0 Å². The van der Waals surface area contributed by atoms with Gasteiger partial charge in [-0.3, -0.25) is 0 Å². The number of nitrogens with zero attached hydrogens (tertiary/aromatic N) is 4. The molecule has 5 rings (SSSR count). The average molecular weight is 557 g/mol. The number of rotatable bonds is 6. The number of hydrogen-bond acceptors (Lipinski definition) is 6. The highest BCUT2D eigenvalue weighted by molar-refractivity contribution is 7.80. The van der Waals surface area contributed by atoms with E-state index in [0.29, 0.717) is 17.6 Å². The summed E-state index contributed by atoms with van der Waals surface area (Å²) in [5.74, 6) is 4.09. The predicted molar refractivity (Wildman–Crippen MR) is 161 cm³/mol. The van der Waals surface area contributed by atoms with Crippen LogP contribution in [0.4, 0.5) is 17.6 Å². The molecule has 0 spiro atoms. The van der Waals surface area contributed by atoms with Crippen LogP contribution in [0.1, 0.15) is 57.9 Å². The lowest BCUT2D eigenvalue weighted by Gasteiger charge is -2.38. The standard InChI is InChI=1S/C29H41ClN6OS/c1-21-7-13-35(14-8-21)25-19-26(36-15-9-22(2)10-16-36)33-27(32-25)34-28(38)31-20-29(11-17-37-18-12-29)23-3-5-24(30)6-4-23/h3-6,19,21-22H,7-18,20H2,1-2H3,(H2,31,32,33,34,38). The van der Waals surface area contributed by atoms with E-state index in [1.165, 1.54) is 31.2 Å². The summed E-state index contributed by atoms with van der Waals surface area (Å²) < 4.78 is 5.70. The largest absolute Gasteiger partial charge is 0.381 e. The third-order valence-corrected chi connectivity index (χ3v) is 9.13. The van der Waals surface area contributed by atoms with Gasteiger partial charge in [0.2, 0.25) is 5.95 Å². The van der Waals surface area contributed by atoms with Crippen molar-refractivity contribution in [3.8, 4) is 0 Å². The molecular weight excluding hydrogens is 516 g/mol. The third kappa shape index (κ3) is 6.69. The van der Waals surface area contributed by atoms with Crippen molar-refractivity contribution in [3.05, 3.63) is 40.9 Å². The second-order valence-electron chi connectivity index (χ2n) is 11.5. The Balaban J connectivity index is 1.31. The van der Waals surface area contributed by atoms with Crippen LogP contribution < -0.4 is 20.4 Å². The van der Waals surface area contributed by atoms with E-state index in [1.807, 2.05) is 12.1 Å². The molecule has 0 bridgehead atoms. The normalized spacial score (nSPS) is 20.8. The molecule has 0 unspecified atom stereocenters. The first-order valence-electron chi connectivity index (χ1n) is 14.2. The molecule has 1 aromatic carbocycles. The molecule has 2 N–H and O–H groups in total. The number of benzene rings is 1. The lowest BCUT2D eigenvalue weighted by atomic mass is 9.74. The van der Waals surface area contributed by atoms with Gasteiger partial charge in [-0.2, -0.15) is 9.97 Å². The molecule has 0 atom stereocenters. The van der Waals surface area contributed by atoms with Crippen LogP contribution in [0.3, 0.4) is 0 Å². The Morgan fingerprint density at radius 1 is 0.947 bits per heavy atom. The Kier molecular flexibility index (Phi) is 8.91. The fraction of sp³-hybridized carbons (Fsp3) is 0.621. The number of hydrogen-bond donors (Lipinski definition) is 2. The van der Waals surface area contributed by atoms with Gasteiger partial charge in [-0.1, -0.05) is 37.6 Å². The zero-order valence-electron chi connectivity index (χ0n) is 22.7. The van der Waals surface area contributed by atoms with Crippen LogP contribution in [0.25, 0.3) is 0 Å². The molecule has 0 saturated carbocycles. The highest BCUT2D eigenvalue weighted by atomic mass is 35.5. The maximum atomic E-state index is 6.17. The Morgan fingerprint density at radius 3 is 2.00 bits per heavy atom. The molecule has 4 heterocycles. The highest BCUT2D eigenvalue weighted by Crippen LogP contribution is 2.35. The first-order chi connectivity index (χ1) is 18.4. The van der Waals surface area contributed by atoms with E-state index in [2.05, 4.69) is 52.5 Å². The van der Waals surface area contributed by atoms with Gasteiger partial charge < -0.3 is 25.2 Å². The van der Waals surface area contributed by atoms with Crippen LogP contribution in [0, 0.1) is 11.8 Å². The second kappa shape index (κ2) is 12.3. The van der Waals surface area contributed by atoms with Gasteiger partial charge in [0.05, 0.1) is 0 Å². The van der Waals surface area contributed by atoms with Crippen molar-refractivity contribution in [2.75, 3.05) is 61.1 Å². The Morgan fingerprint density at radius 2 is 1.47 bits per heavy atom. The van der Waals surface area contributed by atoms with Crippen molar-refractivity contribution < 1.29 is 4.74 Å². The van der Waals surface area contributed by atoms with Gasteiger partial charge in [-0.15, -0.1) is 0 Å². The van der Waals surface area contributed by atoms with Crippen LogP contribution in [0.5, 0.6) is 0 Å². The number of thiocarbonyl (C=S) groups is 1. The summed E-state index contributed by atoms with van der Waals surface area (Å²) in [6, 6.07) is 10.4. The van der Waals surface area contributed by atoms with Crippen LogP contribution in [0.2, 0.25) is 5.02 Å². The quantitative estimate of drug-likeness (QED) is 0.443. The van der Waals surface area contributed by atoms with Gasteiger partial charge in [0.1, 0.15) is 11.6 Å². The molecule has 7 nitrogen and oxygen atoms in total. The predicted octanol–water partition coefficient (Wildman–Crippen LogP) is 5.64. The van der Waals surface area contributed by atoms with Crippen molar-refractivity contribution in [2.45, 2.75) is 57.8 Å². The Bertz CT molecular complexity index is 1040. The summed E-state index contributed by atoms with van der Waals surface area (Å²) in [6.45, 7) is 11.0. The molecule has 206 valence electrons. The zero-order valence-corrected chi connectivity index (χ0v) is 24.3. The third-order valence-electron chi connectivity index (χ3n) is 8.63. The number of anilines is 3. The summed E-state index contributed by atoms with van der Waals surface area (Å²) >= 11 is 11.9. The zero-order chi connectivity index (χ0) is 26.5. The minimum atomic E-state index is -0.0581. The highest BCUT2D eigenvalue weighted by Gasteiger charge is 2.34. The Hall–Kier alpha value is -2.16. The fourth-order valence-corrected chi connectivity index (χ4v) is 6.10. The number of piperidine rings is 2. The number of aromatic nitrogens is 2. The van der Waals surface area contributed by atoms with E-state index in [0.717, 1.165) is 80.7 Å². The summed E-state index contributed by atoms with van der Waals surface area (Å²) in [7, 11) is 0. The van der Waals surface area contributed by atoms with E-state index in [-0.39, 0.29) is 5.41 Å². The van der Waals surface area contributed by atoms with Gasteiger partial charge in [-0.05, 0) is 80.3 Å². The van der Waals surface area contributed by atoms with Gasteiger partial charge in [0.25, 0.3) is 0 Å². The smallest absolute Gasteiger partial charge is 0.232 e. The van der Waals surface area contributed by atoms with E-state index >= 15 is 0 Å². The van der Waals surface area contributed by atoms with E-state index in [1.54, 1.807) is 0 Å². The van der Waals surface area contributed by atoms with Gasteiger partial charge in [0.15, 0.2) is 5.11 Å². The van der Waals surface area contributed by atoms with Crippen molar-refractivity contribution in [1.82, 2.24) is 15.3 Å². The second-order valence-corrected chi connectivity index (χ2v) is 12.3. The van der Waals surface area contributed by atoms with Crippen molar-refractivity contribution in [3.63, 3.8) is 0 Å².